The van der Waals surface area contributed by atoms with Crippen molar-refractivity contribution in [3.63, 3.8) is 0 Å². The van der Waals surface area contributed by atoms with Crippen molar-refractivity contribution in [2.45, 2.75) is 19.0 Å². The summed E-state index contributed by atoms with van der Waals surface area (Å²) < 4.78 is 41.3. The number of carbonyl (C=O) groups excluding carboxylic acids is 1. The average Bonchev–Trinajstić information content (AvgIpc) is 3.10. The number of esters is 1. The lowest BCUT2D eigenvalue weighted by molar-refractivity contribution is -0.286. The summed E-state index contributed by atoms with van der Waals surface area (Å²) in [5.74, 6) is -3.31. The zero-order valence-corrected chi connectivity index (χ0v) is 14.1. The van der Waals surface area contributed by atoms with Gasteiger partial charge in [0.1, 0.15) is 0 Å². The van der Waals surface area contributed by atoms with Crippen LogP contribution >= 0.6 is 22.9 Å². The van der Waals surface area contributed by atoms with E-state index in [0.717, 1.165) is 11.3 Å². The topological polar surface area (TPSA) is 65.0 Å². The molecule has 1 unspecified atom stereocenters. The van der Waals surface area contributed by atoms with Crippen molar-refractivity contribution in [1.82, 2.24) is 0 Å². The van der Waals surface area contributed by atoms with Crippen LogP contribution < -0.4 is 9.47 Å². The minimum absolute atomic E-state index is 0.0389. The molecule has 5 nitrogen and oxygen atoms in total. The normalized spacial score (nSPS) is 24.0. The molecule has 0 saturated heterocycles. The second kappa shape index (κ2) is 5.17. The van der Waals surface area contributed by atoms with Gasteiger partial charge in [0.15, 0.2) is 11.5 Å². The third kappa shape index (κ3) is 2.57. The highest BCUT2D eigenvalue weighted by Gasteiger charge is 2.49. The fourth-order valence-electron chi connectivity index (χ4n) is 2.83. The summed E-state index contributed by atoms with van der Waals surface area (Å²) in [7, 11) is 0. The molecule has 1 aromatic heterocycles. The van der Waals surface area contributed by atoms with E-state index in [2.05, 4.69) is 9.47 Å². The molecule has 1 N–H and O–H groups in total. The van der Waals surface area contributed by atoms with Gasteiger partial charge < -0.3 is 19.3 Å². The van der Waals surface area contributed by atoms with Crippen LogP contribution in [0.3, 0.4) is 0 Å². The molecule has 2 aliphatic heterocycles. The summed E-state index contributed by atoms with van der Waals surface area (Å²) in [6.45, 7) is 1.29. The number of para-hydroxylation sites is 1. The molecule has 0 aliphatic carbocycles. The number of fused-ring (bicyclic) bond motifs is 1. The molecule has 4 rings (SSSR count). The molecule has 0 spiro atoms. The SMILES string of the molecule is CC1(O)OC(=O)C(c2cccc3c2OC(F)(F)O3)=C1c1ccc(Cl)s1. The second-order valence-electron chi connectivity index (χ2n) is 5.53. The van der Waals surface area contributed by atoms with Crippen molar-refractivity contribution in [2.24, 2.45) is 0 Å². The smallest absolute Gasteiger partial charge is 0.425 e. The molecule has 2 aliphatic rings. The largest absolute Gasteiger partial charge is 0.586 e. The molecule has 0 saturated carbocycles. The molecule has 9 heteroatoms. The van der Waals surface area contributed by atoms with Crippen molar-refractivity contribution in [2.75, 3.05) is 0 Å². The van der Waals surface area contributed by atoms with Crippen LogP contribution in [0.15, 0.2) is 30.3 Å². The average molecular weight is 387 g/mol. The number of halogens is 3. The Morgan fingerprint density at radius 3 is 2.60 bits per heavy atom. The van der Waals surface area contributed by atoms with Crippen LogP contribution in [0.25, 0.3) is 11.1 Å². The molecule has 25 heavy (non-hydrogen) atoms. The molecule has 0 amide bonds. The molecular weight excluding hydrogens is 378 g/mol. The van der Waals surface area contributed by atoms with Crippen LogP contribution in [0.1, 0.15) is 17.4 Å². The highest BCUT2D eigenvalue weighted by atomic mass is 35.5. The lowest BCUT2D eigenvalue weighted by Gasteiger charge is -2.18. The highest BCUT2D eigenvalue weighted by molar-refractivity contribution is 7.17. The third-order valence-electron chi connectivity index (χ3n) is 3.73. The Hall–Kier alpha value is -2.16. The fourth-order valence-corrected chi connectivity index (χ4v) is 4.02. The zero-order chi connectivity index (χ0) is 18.0. The number of hydrogen-bond donors (Lipinski definition) is 1. The van der Waals surface area contributed by atoms with Gasteiger partial charge >= 0.3 is 12.3 Å². The number of aliphatic hydroxyl groups is 1. The summed E-state index contributed by atoms with van der Waals surface area (Å²) in [6.07, 6.45) is -3.84. The van der Waals surface area contributed by atoms with E-state index < -0.39 is 18.1 Å². The highest BCUT2D eigenvalue weighted by Crippen LogP contribution is 2.51. The first-order chi connectivity index (χ1) is 11.7. The van der Waals surface area contributed by atoms with Gasteiger partial charge in [-0.3, -0.25) is 0 Å². The number of benzene rings is 1. The van der Waals surface area contributed by atoms with Crippen LogP contribution in [-0.2, 0) is 9.53 Å². The van der Waals surface area contributed by atoms with E-state index in [4.69, 9.17) is 16.3 Å². The van der Waals surface area contributed by atoms with E-state index in [1.165, 1.54) is 25.1 Å². The first-order valence-electron chi connectivity index (χ1n) is 7.03. The van der Waals surface area contributed by atoms with Crippen LogP contribution in [0.4, 0.5) is 8.78 Å². The monoisotopic (exact) mass is 386 g/mol. The van der Waals surface area contributed by atoms with Gasteiger partial charge in [-0.05, 0) is 18.2 Å². The van der Waals surface area contributed by atoms with Crippen LogP contribution in [0.2, 0.25) is 4.34 Å². The van der Waals surface area contributed by atoms with Crippen LogP contribution in [0.5, 0.6) is 11.5 Å². The molecule has 3 heterocycles. The van der Waals surface area contributed by atoms with Gasteiger partial charge in [0.2, 0.25) is 5.79 Å². The van der Waals surface area contributed by atoms with Gasteiger partial charge in [0, 0.05) is 17.4 Å². The molecule has 0 bridgehead atoms. The Labute approximate surface area is 149 Å². The quantitative estimate of drug-likeness (QED) is 0.793. The lowest BCUT2D eigenvalue weighted by atomic mass is 9.95. The predicted octanol–water partition coefficient (Wildman–Crippen LogP) is 3.90. The van der Waals surface area contributed by atoms with Gasteiger partial charge in [0.05, 0.1) is 15.5 Å². The second-order valence-corrected chi connectivity index (χ2v) is 7.24. The number of ether oxygens (including phenoxy) is 3. The summed E-state index contributed by atoms with van der Waals surface area (Å²) in [5.41, 5.74) is 0.0836. The zero-order valence-electron chi connectivity index (χ0n) is 12.5. The number of thiophene rings is 1. The summed E-state index contributed by atoms with van der Waals surface area (Å²) in [5, 5.41) is 10.5. The molecule has 0 fully saturated rings. The van der Waals surface area contributed by atoms with E-state index in [-0.39, 0.29) is 28.2 Å². The Kier molecular flexibility index (Phi) is 3.37. The first kappa shape index (κ1) is 16.3. The maximum absolute atomic E-state index is 13.4. The van der Waals surface area contributed by atoms with E-state index in [0.29, 0.717) is 9.21 Å². The van der Waals surface area contributed by atoms with Crippen molar-refractivity contribution < 1.29 is 32.9 Å². The third-order valence-corrected chi connectivity index (χ3v) is 4.98. The fraction of sp³-hybridized carbons (Fsp3) is 0.188. The van der Waals surface area contributed by atoms with Gasteiger partial charge in [0.25, 0.3) is 0 Å². The molecule has 1 aromatic carbocycles. The molecule has 1 atom stereocenters. The van der Waals surface area contributed by atoms with Gasteiger partial charge in [-0.15, -0.1) is 20.1 Å². The number of rotatable bonds is 2. The first-order valence-corrected chi connectivity index (χ1v) is 8.23. The van der Waals surface area contributed by atoms with Crippen molar-refractivity contribution in [1.29, 1.82) is 0 Å². The molecule has 0 radical (unpaired) electrons. The van der Waals surface area contributed by atoms with Crippen molar-refractivity contribution in [3.05, 3.63) is 45.1 Å². The summed E-state index contributed by atoms with van der Waals surface area (Å²) in [6, 6.07) is 7.34. The summed E-state index contributed by atoms with van der Waals surface area (Å²) >= 11 is 7.05. The number of cyclic esters (lactones) is 1. The molecular formula is C16H9ClF2O5S. The lowest BCUT2D eigenvalue weighted by Crippen LogP contribution is -2.26. The summed E-state index contributed by atoms with van der Waals surface area (Å²) in [4.78, 5) is 12.9. The maximum Gasteiger partial charge on any atom is 0.586 e. The van der Waals surface area contributed by atoms with E-state index in [1.807, 2.05) is 0 Å². The number of carbonyl (C=O) groups is 1. The van der Waals surface area contributed by atoms with E-state index >= 15 is 0 Å². The van der Waals surface area contributed by atoms with E-state index in [9.17, 15) is 18.7 Å². The van der Waals surface area contributed by atoms with Gasteiger partial charge in [-0.25, -0.2) is 4.79 Å². The van der Waals surface area contributed by atoms with Crippen molar-refractivity contribution in [3.8, 4) is 11.5 Å². The Morgan fingerprint density at radius 2 is 1.92 bits per heavy atom. The Bertz CT molecular complexity index is 934. The van der Waals surface area contributed by atoms with E-state index in [1.54, 1.807) is 12.1 Å². The Balaban J connectivity index is 1.97. The van der Waals surface area contributed by atoms with Crippen molar-refractivity contribution >= 4 is 40.1 Å². The standard InChI is InChI=1S/C16H9ClF2O5S/c1-15(21)12(9-5-6-10(17)25-9)11(14(20)24-15)7-3-2-4-8-13(7)23-16(18,19)22-8/h2-6,21H,1H3. The number of hydrogen-bond acceptors (Lipinski definition) is 6. The van der Waals surface area contributed by atoms with Crippen LogP contribution in [0, 0.1) is 0 Å². The maximum atomic E-state index is 13.4. The van der Waals surface area contributed by atoms with Gasteiger partial charge in [-0.1, -0.05) is 23.7 Å². The molecule has 2 aromatic rings. The Morgan fingerprint density at radius 1 is 1.16 bits per heavy atom. The minimum Gasteiger partial charge on any atom is -0.425 e. The predicted molar refractivity (Wildman–Crippen MR) is 85.5 cm³/mol. The molecule has 130 valence electrons. The number of alkyl halides is 2. The van der Waals surface area contributed by atoms with Crippen LogP contribution in [-0.4, -0.2) is 23.2 Å². The van der Waals surface area contributed by atoms with Gasteiger partial charge in [-0.2, -0.15) is 0 Å². The minimum atomic E-state index is -3.84.